The van der Waals surface area contributed by atoms with Crippen LogP contribution in [0.15, 0.2) is 42.6 Å². The Bertz CT molecular complexity index is 807. The number of aromatic nitrogens is 3. The van der Waals surface area contributed by atoms with Crippen LogP contribution in [0.4, 0.5) is 0 Å². The van der Waals surface area contributed by atoms with Crippen LogP contribution in [0.1, 0.15) is 12.5 Å². The standard InChI is InChI=1S/C17H17N3O2/c1-21-16-7-6-12-4-2-3-5-14(12)17(16)15-10-20(19-18-15)13-8-9-22-11-13/h2-7,10,13H,8-9,11H2,1H3. The molecule has 0 aliphatic carbocycles. The molecule has 1 fully saturated rings. The third kappa shape index (κ3) is 2.14. The first kappa shape index (κ1) is 13.3. The average molecular weight is 295 g/mol. The van der Waals surface area contributed by atoms with Crippen molar-refractivity contribution in [3.05, 3.63) is 42.6 Å². The predicted octanol–water partition coefficient (Wildman–Crippen LogP) is 3.07. The van der Waals surface area contributed by atoms with Crippen LogP contribution in [0.25, 0.3) is 22.0 Å². The van der Waals surface area contributed by atoms with Gasteiger partial charge in [-0.2, -0.15) is 0 Å². The molecule has 1 aromatic heterocycles. The van der Waals surface area contributed by atoms with Crippen molar-refractivity contribution in [3.8, 4) is 17.0 Å². The molecule has 1 atom stereocenters. The van der Waals surface area contributed by atoms with Gasteiger partial charge < -0.3 is 9.47 Å². The van der Waals surface area contributed by atoms with E-state index in [1.54, 1.807) is 7.11 Å². The third-order valence-electron chi connectivity index (χ3n) is 4.16. The molecule has 0 N–H and O–H groups in total. The summed E-state index contributed by atoms with van der Waals surface area (Å²) >= 11 is 0. The lowest BCUT2D eigenvalue weighted by Crippen LogP contribution is -2.08. The van der Waals surface area contributed by atoms with Crippen molar-refractivity contribution in [1.82, 2.24) is 15.0 Å². The highest BCUT2D eigenvalue weighted by atomic mass is 16.5. The molecule has 0 spiro atoms. The number of hydrogen-bond donors (Lipinski definition) is 0. The molecule has 1 saturated heterocycles. The van der Waals surface area contributed by atoms with Crippen LogP contribution in [0, 0.1) is 0 Å². The summed E-state index contributed by atoms with van der Waals surface area (Å²) in [6.45, 7) is 1.49. The molecule has 1 aliphatic rings. The van der Waals surface area contributed by atoms with Crippen molar-refractivity contribution in [2.75, 3.05) is 20.3 Å². The van der Waals surface area contributed by atoms with E-state index in [9.17, 15) is 0 Å². The highest BCUT2D eigenvalue weighted by molar-refractivity contribution is 5.98. The van der Waals surface area contributed by atoms with Crippen LogP contribution in [0.3, 0.4) is 0 Å². The van der Waals surface area contributed by atoms with Gasteiger partial charge in [-0.25, -0.2) is 4.68 Å². The molecular weight excluding hydrogens is 278 g/mol. The topological polar surface area (TPSA) is 49.2 Å². The number of fused-ring (bicyclic) bond motifs is 1. The molecule has 5 heteroatoms. The van der Waals surface area contributed by atoms with E-state index in [0.29, 0.717) is 6.61 Å². The van der Waals surface area contributed by atoms with Gasteiger partial charge in [0.25, 0.3) is 0 Å². The molecule has 2 heterocycles. The summed E-state index contributed by atoms with van der Waals surface area (Å²) in [6, 6.07) is 12.6. The van der Waals surface area contributed by atoms with E-state index in [-0.39, 0.29) is 6.04 Å². The van der Waals surface area contributed by atoms with Crippen LogP contribution >= 0.6 is 0 Å². The Morgan fingerprint density at radius 1 is 1.23 bits per heavy atom. The van der Waals surface area contributed by atoms with Crippen LogP contribution in [-0.2, 0) is 4.74 Å². The summed E-state index contributed by atoms with van der Waals surface area (Å²) in [5.74, 6) is 0.813. The summed E-state index contributed by atoms with van der Waals surface area (Å²) in [4.78, 5) is 0. The van der Waals surface area contributed by atoms with Crippen LogP contribution < -0.4 is 4.74 Å². The Morgan fingerprint density at radius 3 is 2.95 bits per heavy atom. The minimum absolute atomic E-state index is 0.280. The first-order chi connectivity index (χ1) is 10.9. The first-order valence-corrected chi connectivity index (χ1v) is 7.42. The Morgan fingerprint density at radius 2 is 2.14 bits per heavy atom. The number of methoxy groups -OCH3 is 1. The maximum Gasteiger partial charge on any atom is 0.129 e. The lowest BCUT2D eigenvalue weighted by atomic mass is 10.0. The number of rotatable bonds is 3. The first-order valence-electron chi connectivity index (χ1n) is 7.42. The smallest absolute Gasteiger partial charge is 0.129 e. The van der Waals surface area contributed by atoms with E-state index in [2.05, 4.69) is 28.5 Å². The zero-order valence-electron chi connectivity index (χ0n) is 12.4. The van der Waals surface area contributed by atoms with Gasteiger partial charge in [-0.1, -0.05) is 35.5 Å². The number of benzene rings is 2. The van der Waals surface area contributed by atoms with E-state index in [1.165, 1.54) is 0 Å². The van der Waals surface area contributed by atoms with Crippen molar-refractivity contribution in [1.29, 1.82) is 0 Å². The van der Waals surface area contributed by atoms with E-state index >= 15 is 0 Å². The molecular formula is C17H17N3O2. The van der Waals surface area contributed by atoms with E-state index < -0.39 is 0 Å². The van der Waals surface area contributed by atoms with Crippen LogP contribution in [0.5, 0.6) is 5.75 Å². The van der Waals surface area contributed by atoms with E-state index in [4.69, 9.17) is 9.47 Å². The average Bonchev–Trinajstić information content (AvgIpc) is 3.24. The molecule has 1 unspecified atom stereocenters. The number of hydrogen-bond acceptors (Lipinski definition) is 4. The van der Waals surface area contributed by atoms with E-state index in [1.807, 2.05) is 29.1 Å². The zero-order chi connectivity index (χ0) is 14.9. The maximum atomic E-state index is 5.54. The highest BCUT2D eigenvalue weighted by Gasteiger charge is 2.21. The van der Waals surface area contributed by atoms with Gasteiger partial charge in [0.15, 0.2) is 0 Å². The second kappa shape index (κ2) is 5.42. The summed E-state index contributed by atoms with van der Waals surface area (Å²) in [5, 5.41) is 10.9. The van der Waals surface area contributed by atoms with Gasteiger partial charge in [-0.3, -0.25) is 0 Å². The van der Waals surface area contributed by atoms with Gasteiger partial charge in [0.1, 0.15) is 11.4 Å². The molecule has 1 aliphatic heterocycles. The van der Waals surface area contributed by atoms with E-state index in [0.717, 1.165) is 40.8 Å². The summed E-state index contributed by atoms with van der Waals surface area (Å²) < 4.78 is 12.9. The quantitative estimate of drug-likeness (QED) is 0.745. The largest absolute Gasteiger partial charge is 0.496 e. The molecule has 0 saturated carbocycles. The fourth-order valence-corrected chi connectivity index (χ4v) is 2.99. The summed E-state index contributed by atoms with van der Waals surface area (Å²) in [5.41, 5.74) is 1.83. The lowest BCUT2D eigenvalue weighted by Gasteiger charge is -2.10. The molecule has 112 valence electrons. The fourth-order valence-electron chi connectivity index (χ4n) is 2.99. The minimum atomic E-state index is 0.280. The molecule has 5 nitrogen and oxygen atoms in total. The maximum absolute atomic E-state index is 5.54. The minimum Gasteiger partial charge on any atom is -0.496 e. The molecule has 0 amide bonds. The van der Waals surface area contributed by atoms with Gasteiger partial charge in [0, 0.05) is 6.61 Å². The van der Waals surface area contributed by atoms with Crippen molar-refractivity contribution in [2.24, 2.45) is 0 Å². The van der Waals surface area contributed by atoms with Gasteiger partial charge >= 0.3 is 0 Å². The van der Waals surface area contributed by atoms with Gasteiger partial charge in [0.2, 0.25) is 0 Å². The molecule has 0 radical (unpaired) electrons. The van der Waals surface area contributed by atoms with Gasteiger partial charge in [0.05, 0.1) is 31.5 Å². The van der Waals surface area contributed by atoms with Crippen LogP contribution in [0.2, 0.25) is 0 Å². The normalized spacial score (nSPS) is 18.0. The molecule has 4 rings (SSSR count). The Kier molecular flexibility index (Phi) is 3.27. The monoisotopic (exact) mass is 295 g/mol. The second-order valence-electron chi connectivity index (χ2n) is 5.47. The third-order valence-corrected chi connectivity index (χ3v) is 4.16. The number of nitrogens with zero attached hydrogens (tertiary/aromatic N) is 3. The molecule has 22 heavy (non-hydrogen) atoms. The Hall–Kier alpha value is -2.40. The lowest BCUT2D eigenvalue weighted by molar-refractivity contribution is 0.184. The second-order valence-corrected chi connectivity index (χ2v) is 5.47. The summed E-state index contributed by atoms with van der Waals surface area (Å²) in [7, 11) is 1.68. The van der Waals surface area contributed by atoms with Crippen molar-refractivity contribution >= 4 is 10.8 Å². The zero-order valence-corrected chi connectivity index (χ0v) is 12.4. The molecule has 2 aromatic carbocycles. The van der Waals surface area contributed by atoms with Gasteiger partial charge in [-0.15, -0.1) is 5.10 Å². The van der Waals surface area contributed by atoms with Crippen LogP contribution in [-0.4, -0.2) is 35.3 Å². The SMILES string of the molecule is COc1ccc2ccccc2c1-c1cn(C2CCOC2)nn1. The van der Waals surface area contributed by atoms with Crippen molar-refractivity contribution < 1.29 is 9.47 Å². The highest BCUT2D eigenvalue weighted by Crippen LogP contribution is 2.36. The molecule has 3 aromatic rings. The molecule has 0 bridgehead atoms. The Balaban J connectivity index is 1.86. The van der Waals surface area contributed by atoms with Crippen molar-refractivity contribution in [2.45, 2.75) is 12.5 Å². The van der Waals surface area contributed by atoms with Crippen molar-refractivity contribution in [3.63, 3.8) is 0 Å². The number of ether oxygens (including phenoxy) is 2. The fraction of sp³-hybridized carbons (Fsp3) is 0.294. The Labute approximate surface area is 128 Å². The van der Waals surface area contributed by atoms with Gasteiger partial charge in [-0.05, 0) is 23.3 Å². The predicted molar refractivity (Wildman–Crippen MR) is 84.0 cm³/mol. The summed E-state index contributed by atoms with van der Waals surface area (Å²) in [6.07, 6.45) is 2.97.